The number of carbonyl (C=O) groups excluding carboxylic acids is 2. The van der Waals surface area contributed by atoms with Crippen molar-refractivity contribution < 1.29 is 19.2 Å². The Morgan fingerprint density at radius 2 is 1.86 bits per heavy atom. The molecule has 6 heteroatoms. The van der Waals surface area contributed by atoms with E-state index in [0.717, 1.165) is 13.1 Å². The van der Waals surface area contributed by atoms with E-state index in [-0.39, 0.29) is 17.2 Å². The van der Waals surface area contributed by atoms with Gasteiger partial charge in [-0.25, -0.2) is 4.79 Å². The summed E-state index contributed by atoms with van der Waals surface area (Å²) in [6.45, 7) is 8.27. The molecule has 0 saturated carbocycles. The van der Waals surface area contributed by atoms with E-state index in [0.29, 0.717) is 13.2 Å². The first-order valence-electron chi connectivity index (χ1n) is 7.00. The Hall–Kier alpha value is -2.08. The van der Waals surface area contributed by atoms with E-state index in [1.807, 2.05) is 0 Å². The van der Waals surface area contributed by atoms with Gasteiger partial charge in [0.1, 0.15) is 12.2 Å². The third kappa shape index (κ3) is 5.83. The van der Waals surface area contributed by atoms with Gasteiger partial charge in [0.15, 0.2) is 5.75 Å². The Balaban J connectivity index is 2.59. The Morgan fingerprint density at radius 3 is 2.48 bits per heavy atom. The van der Waals surface area contributed by atoms with Crippen LogP contribution in [0.15, 0.2) is 24.3 Å². The summed E-state index contributed by atoms with van der Waals surface area (Å²) < 4.78 is 5.24. The average Bonchev–Trinajstić information content (AvgIpc) is 2.49. The van der Waals surface area contributed by atoms with Crippen molar-refractivity contribution in [3.05, 3.63) is 29.8 Å². The van der Waals surface area contributed by atoms with Crippen molar-refractivity contribution in [2.45, 2.75) is 20.8 Å². The summed E-state index contributed by atoms with van der Waals surface area (Å²) in [5, 5.41) is 0. The highest BCUT2D eigenvalue weighted by molar-refractivity contribution is 5.92. The molecule has 0 bridgehead atoms. The Labute approximate surface area is 125 Å². The Bertz CT molecular complexity index is 472. The van der Waals surface area contributed by atoms with Crippen molar-refractivity contribution in [2.24, 2.45) is 0 Å². The molecule has 1 amide bonds. The number of hydrogen-bond donors (Lipinski definition) is 1. The molecule has 0 aliphatic heterocycles. The summed E-state index contributed by atoms with van der Waals surface area (Å²) >= 11 is 0. The van der Waals surface area contributed by atoms with Gasteiger partial charge in [-0.1, -0.05) is 26.0 Å². The molecule has 0 fully saturated rings. The van der Waals surface area contributed by atoms with Crippen molar-refractivity contribution in [3.63, 3.8) is 0 Å². The van der Waals surface area contributed by atoms with Crippen LogP contribution in [0, 0.1) is 0 Å². The van der Waals surface area contributed by atoms with Gasteiger partial charge in [-0.3, -0.25) is 4.79 Å². The Morgan fingerprint density at radius 1 is 1.19 bits per heavy atom. The molecule has 0 radical (unpaired) electrons. The highest BCUT2D eigenvalue weighted by atomic mass is 16.7. The summed E-state index contributed by atoms with van der Waals surface area (Å²) in [7, 11) is 0. The molecule has 0 unspecified atom stereocenters. The number of likely N-dealkylation sites (N-methyl/N-ethyl adjacent to an activating group) is 1. The van der Waals surface area contributed by atoms with Crippen LogP contribution in [0.4, 0.5) is 0 Å². The van der Waals surface area contributed by atoms with Crippen molar-refractivity contribution in [3.8, 4) is 5.75 Å². The molecule has 1 rings (SSSR count). The maximum atomic E-state index is 12.0. The first kappa shape index (κ1) is 17.0. The minimum Gasteiger partial charge on any atom is -0.461 e. The molecule has 0 heterocycles. The van der Waals surface area contributed by atoms with E-state index in [1.54, 1.807) is 24.3 Å². The number of esters is 1. The minimum atomic E-state index is -0.469. The lowest BCUT2D eigenvalue weighted by molar-refractivity contribution is -0.125. The number of ether oxygens (including phenoxy) is 1. The van der Waals surface area contributed by atoms with Gasteiger partial charge in [0.25, 0.3) is 0 Å². The summed E-state index contributed by atoms with van der Waals surface area (Å²) in [4.78, 5) is 30.1. The quantitative estimate of drug-likeness (QED) is 0.583. The van der Waals surface area contributed by atoms with Crippen LogP contribution in [-0.2, 0) is 9.53 Å². The lowest BCUT2D eigenvalue weighted by Gasteiger charge is -2.17. The third-order valence-corrected chi connectivity index (χ3v) is 2.95. The van der Waals surface area contributed by atoms with E-state index in [9.17, 15) is 9.59 Å². The van der Waals surface area contributed by atoms with Crippen molar-refractivity contribution in [2.75, 3.05) is 26.2 Å². The van der Waals surface area contributed by atoms with Crippen LogP contribution in [0.25, 0.3) is 0 Å². The molecule has 0 aliphatic carbocycles. The fourth-order valence-electron chi connectivity index (χ4n) is 1.74. The summed E-state index contributed by atoms with van der Waals surface area (Å²) in [5.41, 5.74) is 2.48. The standard InChI is InChI=1S/C15H22N2O4/c1-4-17(5-2)10-11-20-15(19)13-8-6-7-9-14(13)21-16-12(3)18/h6-9H,4-5,10-11H2,1-3H3,(H,16,18). The molecule has 0 spiro atoms. The molecular weight excluding hydrogens is 272 g/mol. The van der Waals surface area contributed by atoms with Crippen LogP contribution in [-0.4, -0.2) is 43.0 Å². The van der Waals surface area contributed by atoms with Crippen molar-refractivity contribution in [1.29, 1.82) is 0 Å². The summed E-state index contributed by atoms with van der Waals surface area (Å²) in [5.74, 6) is -0.552. The number of hydroxylamine groups is 1. The topological polar surface area (TPSA) is 67.9 Å². The second kappa shape index (κ2) is 8.97. The van der Waals surface area contributed by atoms with Crippen LogP contribution in [0.3, 0.4) is 0 Å². The molecular formula is C15H22N2O4. The van der Waals surface area contributed by atoms with Crippen LogP contribution >= 0.6 is 0 Å². The minimum absolute atomic E-state index is 0.264. The lowest BCUT2D eigenvalue weighted by Crippen LogP contribution is -2.28. The van der Waals surface area contributed by atoms with Gasteiger partial charge in [-0.05, 0) is 25.2 Å². The summed E-state index contributed by atoms with van der Waals surface area (Å²) in [6, 6.07) is 6.61. The predicted octanol–water partition coefficient (Wildman–Crippen LogP) is 1.62. The van der Waals surface area contributed by atoms with E-state index >= 15 is 0 Å². The van der Waals surface area contributed by atoms with Gasteiger partial charge >= 0.3 is 5.97 Å². The zero-order valence-electron chi connectivity index (χ0n) is 12.7. The van der Waals surface area contributed by atoms with Crippen LogP contribution < -0.4 is 10.3 Å². The number of nitrogens with one attached hydrogen (secondary N) is 1. The van der Waals surface area contributed by atoms with E-state index in [1.165, 1.54) is 6.92 Å². The van der Waals surface area contributed by atoms with Crippen molar-refractivity contribution >= 4 is 11.9 Å². The fourth-order valence-corrected chi connectivity index (χ4v) is 1.74. The number of amides is 1. The SMILES string of the molecule is CCN(CC)CCOC(=O)c1ccccc1ONC(C)=O. The number of hydrogen-bond acceptors (Lipinski definition) is 5. The van der Waals surface area contributed by atoms with Gasteiger partial charge in [-0.2, -0.15) is 5.48 Å². The molecule has 0 aromatic heterocycles. The molecule has 116 valence electrons. The zero-order valence-corrected chi connectivity index (χ0v) is 12.7. The van der Waals surface area contributed by atoms with Crippen LogP contribution in [0.5, 0.6) is 5.75 Å². The van der Waals surface area contributed by atoms with Crippen molar-refractivity contribution in [1.82, 2.24) is 10.4 Å². The predicted molar refractivity (Wildman–Crippen MR) is 79.0 cm³/mol. The smallest absolute Gasteiger partial charge is 0.342 e. The van der Waals surface area contributed by atoms with E-state index in [2.05, 4.69) is 24.2 Å². The van der Waals surface area contributed by atoms with Gasteiger partial charge in [0, 0.05) is 13.5 Å². The molecule has 1 aromatic carbocycles. The lowest BCUT2D eigenvalue weighted by atomic mass is 10.2. The zero-order chi connectivity index (χ0) is 15.7. The largest absolute Gasteiger partial charge is 0.461 e. The van der Waals surface area contributed by atoms with E-state index < -0.39 is 5.97 Å². The number of rotatable bonds is 8. The number of para-hydroxylation sites is 1. The molecule has 6 nitrogen and oxygen atoms in total. The molecule has 0 saturated heterocycles. The molecule has 1 N–H and O–H groups in total. The second-order valence-electron chi connectivity index (χ2n) is 4.42. The van der Waals surface area contributed by atoms with Gasteiger partial charge in [0.2, 0.25) is 5.91 Å². The van der Waals surface area contributed by atoms with Gasteiger partial charge < -0.3 is 14.5 Å². The molecule has 1 aromatic rings. The fraction of sp³-hybridized carbons (Fsp3) is 0.467. The third-order valence-electron chi connectivity index (χ3n) is 2.95. The highest BCUT2D eigenvalue weighted by Gasteiger charge is 2.14. The van der Waals surface area contributed by atoms with E-state index in [4.69, 9.17) is 9.57 Å². The number of benzene rings is 1. The molecule has 21 heavy (non-hydrogen) atoms. The second-order valence-corrected chi connectivity index (χ2v) is 4.42. The summed E-state index contributed by atoms with van der Waals surface area (Å²) in [6.07, 6.45) is 0. The normalized spacial score (nSPS) is 10.3. The number of nitrogens with zero attached hydrogens (tertiary/aromatic N) is 1. The number of carbonyl (C=O) groups is 2. The van der Waals surface area contributed by atoms with Gasteiger partial charge in [-0.15, -0.1) is 0 Å². The molecule has 0 atom stereocenters. The monoisotopic (exact) mass is 294 g/mol. The first-order valence-corrected chi connectivity index (χ1v) is 7.00. The van der Waals surface area contributed by atoms with Crippen LogP contribution in [0.1, 0.15) is 31.1 Å². The molecule has 0 aliphatic rings. The first-order chi connectivity index (χ1) is 10.1. The van der Waals surface area contributed by atoms with Crippen LogP contribution in [0.2, 0.25) is 0 Å². The maximum absolute atomic E-state index is 12.0. The Kier molecular flexibility index (Phi) is 7.25. The van der Waals surface area contributed by atoms with Gasteiger partial charge in [0.05, 0.1) is 0 Å². The average molecular weight is 294 g/mol. The highest BCUT2D eigenvalue weighted by Crippen LogP contribution is 2.18. The maximum Gasteiger partial charge on any atom is 0.342 e.